The molecule has 3 aromatic rings. The molecule has 3 heterocycles. The molecule has 4 rings (SSSR count). The number of hydrogen-bond acceptors (Lipinski definition) is 5. The molecule has 0 atom stereocenters. The van der Waals surface area contributed by atoms with E-state index in [4.69, 9.17) is 9.52 Å². The van der Waals surface area contributed by atoms with Crippen LogP contribution in [0.15, 0.2) is 59.2 Å². The van der Waals surface area contributed by atoms with Crippen molar-refractivity contribution < 1.29 is 24.2 Å². The van der Waals surface area contributed by atoms with Crippen LogP contribution in [0.5, 0.6) is 0 Å². The molecule has 28 heavy (non-hydrogen) atoms. The van der Waals surface area contributed by atoms with E-state index in [0.29, 0.717) is 17.1 Å². The topological polar surface area (TPSA) is 109 Å². The van der Waals surface area contributed by atoms with E-state index in [0.717, 1.165) is 5.69 Å². The summed E-state index contributed by atoms with van der Waals surface area (Å²) < 4.78 is 6.96. The van der Waals surface area contributed by atoms with Crippen molar-refractivity contribution in [2.45, 2.75) is 18.4 Å². The number of amides is 1. The number of aliphatic carboxylic acids is 1. The van der Waals surface area contributed by atoms with Gasteiger partial charge in [0.05, 0.1) is 12.0 Å². The van der Waals surface area contributed by atoms with E-state index >= 15 is 0 Å². The quantitative estimate of drug-likeness (QED) is 0.717. The number of benzene rings is 1. The van der Waals surface area contributed by atoms with Gasteiger partial charge < -0.3 is 19.5 Å². The zero-order valence-electron chi connectivity index (χ0n) is 15.0. The smallest absolute Gasteiger partial charge is 0.335 e. The summed E-state index contributed by atoms with van der Waals surface area (Å²) in [5.41, 5.74) is -0.187. The minimum absolute atomic E-state index is 0.0153. The maximum absolute atomic E-state index is 13.2. The van der Waals surface area contributed by atoms with Crippen LogP contribution in [-0.4, -0.2) is 55.5 Å². The molecule has 8 heteroatoms. The second-order valence-corrected chi connectivity index (χ2v) is 6.77. The molecule has 8 nitrogen and oxygen atoms in total. The van der Waals surface area contributed by atoms with E-state index < -0.39 is 11.6 Å². The number of nitrogens with zero attached hydrogens (tertiary/aromatic N) is 3. The number of aliphatic hydroxyl groups is 1. The number of hydrogen-bond donors (Lipinski definition) is 2. The fourth-order valence-electron chi connectivity index (χ4n) is 3.30. The average Bonchev–Trinajstić information content (AvgIpc) is 3.38. The number of furan rings is 1. The molecule has 1 saturated heterocycles. The van der Waals surface area contributed by atoms with E-state index in [-0.39, 0.29) is 31.8 Å². The molecule has 1 fully saturated rings. The zero-order valence-corrected chi connectivity index (χ0v) is 15.0. The summed E-state index contributed by atoms with van der Waals surface area (Å²) in [6, 6.07) is 14.4. The summed E-state index contributed by atoms with van der Waals surface area (Å²) in [7, 11) is 0. The Kier molecular flexibility index (Phi) is 4.48. The second-order valence-electron chi connectivity index (χ2n) is 6.77. The summed E-state index contributed by atoms with van der Waals surface area (Å²) in [6.45, 7) is 0.301. The molecule has 0 bridgehead atoms. The van der Waals surface area contributed by atoms with Crippen molar-refractivity contribution in [1.82, 2.24) is 14.7 Å². The first-order valence-corrected chi connectivity index (χ1v) is 8.92. The number of likely N-dealkylation sites (tertiary alicyclic amines) is 1. The summed E-state index contributed by atoms with van der Waals surface area (Å²) in [4.78, 5) is 25.9. The number of aromatic nitrogens is 2. The van der Waals surface area contributed by atoms with Crippen molar-refractivity contribution in [3.05, 3.63) is 60.5 Å². The Bertz CT molecular complexity index is 986. The molecule has 1 amide bonds. The van der Waals surface area contributed by atoms with Crippen molar-refractivity contribution in [2.75, 3.05) is 13.1 Å². The highest BCUT2D eigenvalue weighted by atomic mass is 16.4. The lowest BCUT2D eigenvalue weighted by atomic mass is 9.91. The molecule has 1 aliphatic heterocycles. The maximum Gasteiger partial charge on any atom is 0.335 e. The lowest BCUT2D eigenvalue weighted by molar-refractivity contribution is -0.162. The van der Waals surface area contributed by atoms with E-state index in [1.165, 1.54) is 6.26 Å². The van der Waals surface area contributed by atoms with Gasteiger partial charge in [-0.05, 0) is 24.3 Å². The SMILES string of the molecule is O=C(c1cc(-c2ccco2)nn1-c1ccccc1)N1CCC(O)(C(=O)O)CC1. The van der Waals surface area contributed by atoms with Gasteiger partial charge in [0.15, 0.2) is 11.4 Å². The summed E-state index contributed by atoms with van der Waals surface area (Å²) in [5, 5.41) is 23.8. The van der Waals surface area contributed by atoms with Gasteiger partial charge in [-0.1, -0.05) is 18.2 Å². The van der Waals surface area contributed by atoms with Gasteiger partial charge in [-0.2, -0.15) is 5.10 Å². The molecule has 0 unspecified atom stereocenters. The Morgan fingerprint density at radius 2 is 1.79 bits per heavy atom. The summed E-state index contributed by atoms with van der Waals surface area (Å²) in [5.74, 6) is -0.988. The van der Waals surface area contributed by atoms with Crippen LogP contribution in [0.1, 0.15) is 23.3 Å². The third kappa shape index (κ3) is 3.18. The molecule has 0 spiro atoms. The second kappa shape index (κ2) is 6.97. The number of carbonyl (C=O) groups excluding carboxylic acids is 1. The van der Waals surface area contributed by atoms with Crippen LogP contribution in [0, 0.1) is 0 Å². The van der Waals surface area contributed by atoms with Gasteiger partial charge in [-0.15, -0.1) is 0 Å². The molecule has 1 aromatic carbocycles. The van der Waals surface area contributed by atoms with Crippen molar-refractivity contribution >= 4 is 11.9 Å². The van der Waals surface area contributed by atoms with Crippen LogP contribution in [0.4, 0.5) is 0 Å². The van der Waals surface area contributed by atoms with Gasteiger partial charge in [-0.25, -0.2) is 9.48 Å². The molecule has 1 aliphatic rings. The molecular formula is C20H19N3O5. The first-order chi connectivity index (χ1) is 13.5. The van der Waals surface area contributed by atoms with Crippen LogP contribution < -0.4 is 0 Å². The maximum atomic E-state index is 13.2. The van der Waals surface area contributed by atoms with Gasteiger partial charge in [0.2, 0.25) is 0 Å². The fourth-order valence-corrected chi connectivity index (χ4v) is 3.30. The third-order valence-corrected chi connectivity index (χ3v) is 4.98. The van der Waals surface area contributed by atoms with E-state index in [1.807, 2.05) is 30.3 Å². The predicted molar refractivity (Wildman–Crippen MR) is 99.0 cm³/mol. The highest BCUT2D eigenvalue weighted by Gasteiger charge is 2.41. The Hall–Kier alpha value is -3.39. The number of piperidine rings is 1. The Morgan fingerprint density at radius 3 is 2.39 bits per heavy atom. The van der Waals surface area contributed by atoms with Crippen LogP contribution in [-0.2, 0) is 4.79 Å². The van der Waals surface area contributed by atoms with Crippen LogP contribution in [0.2, 0.25) is 0 Å². The third-order valence-electron chi connectivity index (χ3n) is 4.98. The highest BCUT2D eigenvalue weighted by molar-refractivity contribution is 5.94. The van der Waals surface area contributed by atoms with Gasteiger partial charge in [0.25, 0.3) is 5.91 Å². The first kappa shape index (κ1) is 18.0. The van der Waals surface area contributed by atoms with Crippen molar-refractivity contribution in [2.24, 2.45) is 0 Å². The van der Waals surface area contributed by atoms with Gasteiger partial charge in [0.1, 0.15) is 11.4 Å². The molecule has 0 aliphatic carbocycles. The fraction of sp³-hybridized carbons (Fsp3) is 0.250. The summed E-state index contributed by atoms with van der Waals surface area (Å²) >= 11 is 0. The van der Waals surface area contributed by atoms with Crippen LogP contribution in [0.3, 0.4) is 0 Å². The Balaban J connectivity index is 1.67. The predicted octanol–water partition coefficient (Wildman–Crippen LogP) is 2.18. The van der Waals surface area contributed by atoms with Crippen molar-refractivity contribution in [3.63, 3.8) is 0 Å². The number of carbonyl (C=O) groups is 2. The molecular weight excluding hydrogens is 362 g/mol. The molecule has 2 N–H and O–H groups in total. The van der Waals surface area contributed by atoms with Gasteiger partial charge in [0, 0.05) is 32.0 Å². The largest absolute Gasteiger partial charge is 0.479 e. The number of carboxylic acid groups (broad SMARTS) is 1. The van der Waals surface area contributed by atoms with E-state index in [1.54, 1.807) is 27.8 Å². The Labute approximate surface area is 160 Å². The van der Waals surface area contributed by atoms with Crippen molar-refractivity contribution in [1.29, 1.82) is 0 Å². The zero-order chi connectivity index (χ0) is 19.7. The molecule has 2 aromatic heterocycles. The number of rotatable bonds is 4. The number of carboxylic acids is 1. The van der Waals surface area contributed by atoms with Crippen molar-refractivity contribution in [3.8, 4) is 17.1 Å². The lowest BCUT2D eigenvalue weighted by Crippen LogP contribution is -2.51. The monoisotopic (exact) mass is 381 g/mol. The molecule has 0 saturated carbocycles. The number of para-hydroxylation sites is 1. The molecule has 144 valence electrons. The van der Waals surface area contributed by atoms with Crippen LogP contribution in [0.25, 0.3) is 17.1 Å². The van der Waals surface area contributed by atoms with E-state index in [2.05, 4.69) is 5.10 Å². The lowest BCUT2D eigenvalue weighted by Gasteiger charge is -2.35. The van der Waals surface area contributed by atoms with Crippen LogP contribution >= 0.6 is 0 Å². The minimum Gasteiger partial charge on any atom is -0.479 e. The molecule has 0 radical (unpaired) electrons. The first-order valence-electron chi connectivity index (χ1n) is 8.92. The standard InChI is InChI=1S/C20H19N3O5/c24-18(22-10-8-20(27,9-11-22)19(25)26)16-13-15(17-7-4-12-28-17)21-23(16)14-5-2-1-3-6-14/h1-7,12-13,27H,8-11H2,(H,25,26). The normalized spacial score (nSPS) is 16.1. The average molecular weight is 381 g/mol. The minimum atomic E-state index is -1.78. The Morgan fingerprint density at radius 1 is 1.07 bits per heavy atom. The summed E-state index contributed by atoms with van der Waals surface area (Å²) in [6.07, 6.45) is 1.51. The van der Waals surface area contributed by atoms with Gasteiger partial charge >= 0.3 is 5.97 Å². The highest BCUT2D eigenvalue weighted by Crippen LogP contribution is 2.26. The van der Waals surface area contributed by atoms with E-state index in [9.17, 15) is 14.7 Å². The van der Waals surface area contributed by atoms with Gasteiger partial charge in [-0.3, -0.25) is 4.79 Å².